The number of hydrogen-bond donors (Lipinski definition) is 2. The molecule has 8 nitrogen and oxygen atoms in total. The van der Waals surface area contributed by atoms with E-state index in [-0.39, 0.29) is 6.42 Å². The molecule has 0 saturated heterocycles. The monoisotopic (exact) mass is 566 g/mol. The summed E-state index contributed by atoms with van der Waals surface area (Å²) < 4.78 is 17.4. The van der Waals surface area contributed by atoms with E-state index in [0.29, 0.717) is 36.0 Å². The average Bonchev–Trinajstić information content (AvgIpc) is 3.12. The molecule has 41 heavy (non-hydrogen) atoms. The van der Waals surface area contributed by atoms with Crippen LogP contribution in [0.15, 0.2) is 59.7 Å². The van der Waals surface area contributed by atoms with Crippen molar-refractivity contribution in [1.82, 2.24) is 0 Å². The van der Waals surface area contributed by atoms with Gasteiger partial charge in [-0.15, -0.1) is 0 Å². The molecule has 0 bridgehead atoms. The minimum Gasteiger partial charge on any atom is -0.459 e. The lowest BCUT2D eigenvalue weighted by molar-refractivity contribution is -0.168. The Kier molecular flexibility index (Phi) is 8.40. The number of carbonyl (C=O) groups is 3. The van der Waals surface area contributed by atoms with E-state index in [1.165, 1.54) is 19.9 Å². The second kappa shape index (κ2) is 11.2. The number of aliphatic hydroxyl groups excluding tert-OH is 1. The maximum Gasteiger partial charge on any atom is 0.331 e. The van der Waals surface area contributed by atoms with Crippen molar-refractivity contribution in [3.05, 3.63) is 65.3 Å². The van der Waals surface area contributed by atoms with E-state index in [2.05, 4.69) is 6.58 Å². The average molecular weight is 567 g/mol. The highest BCUT2D eigenvalue weighted by Gasteiger charge is 2.65. The molecule has 1 aromatic carbocycles. The van der Waals surface area contributed by atoms with Crippen LogP contribution in [0.4, 0.5) is 0 Å². The van der Waals surface area contributed by atoms with E-state index in [4.69, 9.17) is 14.2 Å². The van der Waals surface area contributed by atoms with Crippen LogP contribution in [0.2, 0.25) is 0 Å². The number of esters is 3. The van der Waals surface area contributed by atoms with Gasteiger partial charge in [0.05, 0.1) is 5.60 Å². The van der Waals surface area contributed by atoms with Gasteiger partial charge in [0.25, 0.3) is 0 Å². The van der Waals surface area contributed by atoms with E-state index < -0.39 is 64.7 Å². The SMILES string of the molecule is C=C1C2C[C@]3(C(C)(C)O)C[C@H](OC(C)=O)C(C)=C3[C@@H](O)[C@H](OC(C)=O)[C@]2(C)CC[C@@H]1OC(=O)C=Cc1ccccc1. The van der Waals surface area contributed by atoms with E-state index in [9.17, 15) is 24.6 Å². The van der Waals surface area contributed by atoms with E-state index in [1.807, 2.05) is 37.3 Å². The standard InChI is InChI=1S/C33H42O8/c1-19-24-17-33(31(5,6)38)18-26(39-21(3)34)20(2)28(33)29(37)30(40-22(4)35)32(24,7)16-15-25(19)41-27(36)14-13-23-11-9-8-10-12-23/h8-14,24-26,29-30,37-38H,1,15-18H2,2-7H3/t24?,25-,26-,29+,30-,32+,33-/m0/s1. The van der Waals surface area contributed by atoms with Crippen molar-refractivity contribution in [3.63, 3.8) is 0 Å². The first kappa shape index (κ1) is 30.7. The van der Waals surface area contributed by atoms with Crippen LogP contribution in [-0.4, -0.2) is 58.1 Å². The molecule has 3 aliphatic carbocycles. The number of hydrogen-bond acceptors (Lipinski definition) is 8. The third kappa shape index (κ3) is 5.64. The molecule has 8 heteroatoms. The fourth-order valence-electron chi connectivity index (χ4n) is 7.43. The lowest BCUT2D eigenvalue weighted by Crippen LogP contribution is -2.51. The van der Waals surface area contributed by atoms with Crippen LogP contribution in [0.5, 0.6) is 0 Å². The van der Waals surface area contributed by atoms with Gasteiger partial charge in [-0.1, -0.05) is 43.8 Å². The predicted octanol–water partition coefficient (Wildman–Crippen LogP) is 4.69. The maximum absolute atomic E-state index is 12.8. The highest BCUT2D eigenvalue weighted by Crippen LogP contribution is 2.64. The van der Waals surface area contributed by atoms with Crippen LogP contribution in [0.3, 0.4) is 0 Å². The molecule has 222 valence electrons. The minimum absolute atomic E-state index is 0.255. The van der Waals surface area contributed by atoms with Crippen LogP contribution in [-0.2, 0) is 28.6 Å². The summed E-state index contributed by atoms with van der Waals surface area (Å²) in [6.45, 7) is 14.1. The minimum atomic E-state index is -1.35. The molecule has 0 heterocycles. The Labute approximate surface area is 242 Å². The first-order valence-corrected chi connectivity index (χ1v) is 14.2. The summed E-state index contributed by atoms with van der Waals surface area (Å²) in [6.07, 6.45) is 1.11. The highest BCUT2D eigenvalue weighted by molar-refractivity contribution is 5.87. The number of benzene rings is 1. The molecule has 0 spiro atoms. The number of ether oxygens (including phenoxy) is 3. The van der Waals surface area contributed by atoms with Gasteiger partial charge in [0.2, 0.25) is 0 Å². The molecule has 0 aromatic heterocycles. The van der Waals surface area contributed by atoms with Crippen molar-refractivity contribution in [1.29, 1.82) is 0 Å². The lowest BCUT2D eigenvalue weighted by Gasteiger charge is -2.50. The molecule has 4 rings (SSSR count). The van der Waals surface area contributed by atoms with Crippen LogP contribution in [0.1, 0.15) is 72.8 Å². The maximum atomic E-state index is 12.8. The zero-order valence-corrected chi connectivity index (χ0v) is 24.8. The second-order valence-corrected chi connectivity index (χ2v) is 12.6. The molecule has 0 radical (unpaired) electrons. The van der Waals surface area contributed by atoms with E-state index in [0.717, 1.165) is 5.56 Å². The van der Waals surface area contributed by atoms with E-state index >= 15 is 0 Å². The van der Waals surface area contributed by atoms with Gasteiger partial charge in [0.15, 0.2) is 0 Å². The smallest absolute Gasteiger partial charge is 0.331 e. The van der Waals surface area contributed by atoms with Crippen LogP contribution < -0.4 is 0 Å². The summed E-state index contributed by atoms with van der Waals surface area (Å²) in [6, 6.07) is 9.43. The molecule has 2 saturated carbocycles. The molecule has 7 atom stereocenters. The summed E-state index contributed by atoms with van der Waals surface area (Å²) in [5.74, 6) is -1.91. The Morgan fingerprint density at radius 3 is 2.24 bits per heavy atom. The molecular formula is C33H42O8. The normalized spacial score (nSPS) is 33.6. The van der Waals surface area contributed by atoms with Gasteiger partial charge in [0, 0.05) is 37.2 Å². The predicted molar refractivity (Wildman–Crippen MR) is 153 cm³/mol. The van der Waals surface area contributed by atoms with Crippen molar-refractivity contribution in [3.8, 4) is 0 Å². The highest BCUT2D eigenvalue weighted by atomic mass is 16.6. The molecule has 1 unspecified atom stereocenters. The Balaban J connectivity index is 1.75. The Hall–Kier alpha value is -3.23. The fraction of sp³-hybridized carbons (Fsp3) is 0.545. The summed E-state index contributed by atoms with van der Waals surface area (Å²) in [4.78, 5) is 37.2. The largest absolute Gasteiger partial charge is 0.459 e. The van der Waals surface area contributed by atoms with E-state index in [1.54, 1.807) is 26.8 Å². The van der Waals surface area contributed by atoms with Crippen molar-refractivity contribution >= 4 is 24.0 Å². The zero-order chi connectivity index (χ0) is 30.3. The van der Waals surface area contributed by atoms with Crippen molar-refractivity contribution in [2.24, 2.45) is 16.7 Å². The first-order valence-electron chi connectivity index (χ1n) is 14.2. The van der Waals surface area contributed by atoms with Crippen molar-refractivity contribution in [2.75, 3.05) is 0 Å². The van der Waals surface area contributed by atoms with Gasteiger partial charge in [-0.3, -0.25) is 9.59 Å². The van der Waals surface area contributed by atoms with Crippen LogP contribution in [0, 0.1) is 16.7 Å². The fourth-order valence-corrected chi connectivity index (χ4v) is 7.43. The molecule has 1 aromatic rings. The Morgan fingerprint density at radius 2 is 1.66 bits per heavy atom. The van der Waals surface area contributed by atoms with Gasteiger partial charge in [-0.2, -0.15) is 0 Å². The molecule has 3 aliphatic rings. The summed E-state index contributed by atoms with van der Waals surface area (Å²) >= 11 is 0. The van der Waals surface area contributed by atoms with Crippen LogP contribution >= 0.6 is 0 Å². The van der Waals surface area contributed by atoms with Gasteiger partial charge in [0.1, 0.15) is 24.4 Å². The summed E-state index contributed by atoms with van der Waals surface area (Å²) in [7, 11) is 0. The summed E-state index contributed by atoms with van der Waals surface area (Å²) in [5, 5.41) is 23.7. The third-order valence-electron chi connectivity index (χ3n) is 9.59. The van der Waals surface area contributed by atoms with Crippen LogP contribution in [0.25, 0.3) is 6.08 Å². The number of carbonyl (C=O) groups excluding carboxylic acids is 3. The molecule has 0 aliphatic heterocycles. The van der Waals surface area contributed by atoms with Crippen molar-refractivity contribution < 1.29 is 38.8 Å². The number of rotatable bonds is 6. The zero-order valence-electron chi connectivity index (χ0n) is 24.8. The van der Waals surface area contributed by atoms with Gasteiger partial charge < -0.3 is 24.4 Å². The molecule has 0 amide bonds. The molecule has 2 fully saturated rings. The van der Waals surface area contributed by atoms with Gasteiger partial charge >= 0.3 is 17.9 Å². The lowest BCUT2D eigenvalue weighted by atomic mass is 9.57. The van der Waals surface area contributed by atoms with Gasteiger partial charge in [-0.05, 0) is 74.3 Å². The number of aliphatic hydroxyl groups is 2. The van der Waals surface area contributed by atoms with Gasteiger partial charge in [-0.25, -0.2) is 4.79 Å². The Morgan fingerprint density at radius 1 is 1.02 bits per heavy atom. The Bertz CT molecular complexity index is 1270. The topological polar surface area (TPSA) is 119 Å². The first-order chi connectivity index (χ1) is 19.1. The number of fused-ring (bicyclic) bond motifs is 2. The summed E-state index contributed by atoms with van der Waals surface area (Å²) in [5.41, 5.74) is -0.459. The molecular weight excluding hydrogens is 524 g/mol. The third-order valence-corrected chi connectivity index (χ3v) is 9.59. The second-order valence-electron chi connectivity index (χ2n) is 12.6. The quantitative estimate of drug-likeness (QED) is 0.220. The van der Waals surface area contributed by atoms with Crippen molar-refractivity contribution in [2.45, 2.75) is 97.2 Å². The molecule has 2 N–H and O–H groups in total.